The van der Waals surface area contributed by atoms with Crippen LogP contribution in [-0.2, 0) is 30.0 Å². The molecule has 0 aliphatic carbocycles. The molecule has 0 radical (unpaired) electrons. The SMILES string of the molecule is NC1=NC(c2ccc(F)cc2)(c2ccc(F)cc2)C(=O)N1Cc1ccc(Cl)c(C(=O)N2Cc3cncnc3C2)c1. The van der Waals surface area contributed by atoms with Crippen molar-refractivity contribution in [1.82, 2.24) is 19.8 Å². The predicted octanol–water partition coefficient (Wildman–Crippen LogP) is 4.16. The zero-order valence-electron chi connectivity index (χ0n) is 20.9. The summed E-state index contributed by atoms with van der Waals surface area (Å²) in [6.07, 6.45) is 3.13. The molecule has 200 valence electrons. The molecule has 1 aromatic heterocycles. The number of guanidine groups is 1. The summed E-state index contributed by atoms with van der Waals surface area (Å²) in [6.45, 7) is 0.679. The van der Waals surface area contributed by atoms with E-state index in [-0.39, 0.29) is 29.0 Å². The van der Waals surface area contributed by atoms with E-state index in [2.05, 4.69) is 15.0 Å². The van der Waals surface area contributed by atoms with Crippen molar-refractivity contribution in [3.63, 3.8) is 0 Å². The molecule has 6 rings (SSSR count). The summed E-state index contributed by atoms with van der Waals surface area (Å²) in [5.74, 6) is -1.83. The van der Waals surface area contributed by atoms with Crippen molar-refractivity contribution in [3.8, 4) is 0 Å². The van der Waals surface area contributed by atoms with Gasteiger partial charge in [0.05, 0.1) is 29.4 Å². The molecule has 0 spiro atoms. The molecule has 0 fully saturated rings. The third-order valence-corrected chi connectivity index (χ3v) is 7.44. The van der Waals surface area contributed by atoms with Gasteiger partial charge in [0.25, 0.3) is 11.8 Å². The lowest BCUT2D eigenvalue weighted by atomic mass is 9.82. The first kappa shape index (κ1) is 25.6. The number of hydrogen-bond acceptors (Lipinski definition) is 6. The van der Waals surface area contributed by atoms with Crippen LogP contribution >= 0.6 is 11.6 Å². The lowest BCUT2D eigenvalue weighted by Crippen LogP contribution is -2.43. The Bertz CT molecular complexity index is 1610. The maximum absolute atomic E-state index is 14.1. The van der Waals surface area contributed by atoms with Gasteiger partial charge in [-0.25, -0.2) is 23.7 Å². The van der Waals surface area contributed by atoms with E-state index in [4.69, 9.17) is 17.3 Å². The number of aliphatic imine (C=N–C) groups is 1. The Balaban J connectivity index is 1.32. The molecule has 4 aromatic rings. The van der Waals surface area contributed by atoms with Gasteiger partial charge in [0.15, 0.2) is 11.5 Å². The van der Waals surface area contributed by atoms with Crippen LogP contribution in [0.2, 0.25) is 5.02 Å². The molecule has 40 heavy (non-hydrogen) atoms. The van der Waals surface area contributed by atoms with Crippen LogP contribution in [0.3, 0.4) is 0 Å². The topological polar surface area (TPSA) is 105 Å². The Labute approximate surface area is 232 Å². The number of rotatable bonds is 5. The van der Waals surface area contributed by atoms with Crippen LogP contribution in [0, 0.1) is 11.6 Å². The second-order valence-electron chi connectivity index (χ2n) is 9.56. The highest BCUT2D eigenvalue weighted by atomic mass is 35.5. The minimum Gasteiger partial charge on any atom is -0.369 e. The van der Waals surface area contributed by atoms with Crippen LogP contribution in [-0.4, -0.2) is 37.5 Å². The number of carbonyl (C=O) groups excluding carboxylic acids is 2. The van der Waals surface area contributed by atoms with Crippen LogP contribution in [0.25, 0.3) is 0 Å². The van der Waals surface area contributed by atoms with E-state index in [1.54, 1.807) is 29.3 Å². The zero-order chi connectivity index (χ0) is 28.0. The molecule has 2 amide bonds. The van der Waals surface area contributed by atoms with Crippen LogP contribution in [0.4, 0.5) is 8.78 Å². The van der Waals surface area contributed by atoms with Crippen molar-refractivity contribution in [2.45, 2.75) is 25.2 Å². The molecule has 2 aliphatic heterocycles. The minimum absolute atomic E-state index is 0.0124. The molecule has 0 atom stereocenters. The summed E-state index contributed by atoms with van der Waals surface area (Å²) in [6, 6.07) is 15.6. The molecule has 3 aromatic carbocycles. The van der Waals surface area contributed by atoms with Crippen molar-refractivity contribution in [2.24, 2.45) is 10.7 Å². The summed E-state index contributed by atoms with van der Waals surface area (Å²) >= 11 is 6.42. The van der Waals surface area contributed by atoms with Crippen LogP contribution in [0.15, 0.2) is 84.2 Å². The average molecular weight is 559 g/mol. The van der Waals surface area contributed by atoms with E-state index in [1.165, 1.54) is 59.8 Å². The van der Waals surface area contributed by atoms with Crippen molar-refractivity contribution in [2.75, 3.05) is 0 Å². The van der Waals surface area contributed by atoms with Gasteiger partial charge in [-0.1, -0.05) is 41.9 Å². The fraction of sp³-hybridized carbons (Fsp3) is 0.138. The molecule has 2 aliphatic rings. The lowest BCUT2D eigenvalue weighted by Gasteiger charge is -2.27. The summed E-state index contributed by atoms with van der Waals surface area (Å²) in [5, 5.41) is 0.261. The van der Waals surface area contributed by atoms with E-state index in [9.17, 15) is 18.4 Å². The highest BCUT2D eigenvalue weighted by Crippen LogP contribution is 2.40. The van der Waals surface area contributed by atoms with Gasteiger partial charge in [-0.3, -0.25) is 14.5 Å². The van der Waals surface area contributed by atoms with Gasteiger partial charge in [-0.05, 0) is 53.1 Å². The summed E-state index contributed by atoms with van der Waals surface area (Å²) in [7, 11) is 0. The van der Waals surface area contributed by atoms with Gasteiger partial charge in [-0.15, -0.1) is 0 Å². The van der Waals surface area contributed by atoms with Gasteiger partial charge in [-0.2, -0.15) is 0 Å². The van der Waals surface area contributed by atoms with Gasteiger partial charge in [0.1, 0.15) is 18.0 Å². The third-order valence-electron chi connectivity index (χ3n) is 7.11. The van der Waals surface area contributed by atoms with Crippen molar-refractivity contribution in [1.29, 1.82) is 0 Å². The Morgan fingerprint density at radius 1 is 0.975 bits per heavy atom. The molecule has 3 heterocycles. The number of carbonyl (C=O) groups is 2. The van der Waals surface area contributed by atoms with Crippen LogP contribution < -0.4 is 5.73 Å². The van der Waals surface area contributed by atoms with E-state index >= 15 is 0 Å². The fourth-order valence-electron chi connectivity index (χ4n) is 5.09. The van der Waals surface area contributed by atoms with Gasteiger partial charge < -0.3 is 10.6 Å². The molecule has 0 bridgehead atoms. The van der Waals surface area contributed by atoms with Crippen LogP contribution in [0.5, 0.6) is 0 Å². The maximum atomic E-state index is 14.1. The molecule has 0 unspecified atom stereocenters. The highest BCUT2D eigenvalue weighted by molar-refractivity contribution is 6.33. The highest BCUT2D eigenvalue weighted by Gasteiger charge is 2.50. The van der Waals surface area contributed by atoms with E-state index in [0.29, 0.717) is 29.8 Å². The lowest BCUT2D eigenvalue weighted by molar-refractivity contribution is -0.130. The average Bonchev–Trinajstić information content (AvgIpc) is 3.50. The Morgan fingerprint density at radius 3 is 2.25 bits per heavy atom. The predicted molar refractivity (Wildman–Crippen MR) is 143 cm³/mol. The second-order valence-corrected chi connectivity index (χ2v) is 9.96. The number of halogens is 3. The molecular formula is C29H21ClF2N6O2. The first-order valence-corrected chi connectivity index (χ1v) is 12.7. The second kappa shape index (κ2) is 9.80. The molecule has 0 saturated heterocycles. The molecule has 8 nitrogen and oxygen atoms in total. The smallest absolute Gasteiger partial charge is 0.266 e. The number of aromatic nitrogens is 2. The quantitative estimate of drug-likeness (QED) is 0.396. The van der Waals surface area contributed by atoms with Gasteiger partial charge in [0, 0.05) is 18.3 Å². The number of fused-ring (bicyclic) bond motifs is 1. The Morgan fingerprint density at radius 2 is 1.62 bits per heavy atom. The Kier molecular flexibility index (Phi) is 6.26. The normalized spacial score (nSPS) is 15.8. The van der Waals surface area contributed by atoms with Crippen molar-refractivity contribution >= 4 is 29.4 Å². The summed E-state index contributed by atoms with van der Waals surface area (Å²) in [4.78, 5) is 43.2. The fourth-order valence-corrected chi connectivity index (χ4v) is 5.29. The molecule has 11 heteroatoms. The Hall–Kier alpha value is -4.70. The van der Waals surface area contributed by atoms with Crippen LogP contribution in [0.1, 0.15) is 38.3 Å². The molecule has 2 N–H and O–H groups in total. The van der Waals surface area contributed by atoms with E-state index in [0.717, 1.165) is 11.3 Å². The first-order valence-electron chi connectivity index (χ1n) is 12.3. The van der Waals surface area contributed by atoms with E-state index in [1.807, 2.05) is 0 Å². The third kappa shape index (κ3) is 4.26. The zero-order valence-corrected chi connectivity index (χ0v) is 21.6. The number of nitrogens with zero attached hydrogens (tertiary/aromatic N) is 5. The minimum atomic E-state index is -1.64. The molecule has 0 saturated carbocycles. The summed E-state index contributed by atoms with van der Waals surface area (Å²) in [5.41, 5.74) is 7.91. The number of nitrogens with two attached hydrogens (primary N) is 1. The standard InChI is InChI=1S/C29H21ClF2N6O2/c30-24-10-1-17(11-23(24)26(39)37-14-18-12-34-16-35-25(18)15-37)13-38-27(40)29(36-28(38)33,19-2-6-21(31)7-3-19)20-4-8-22(32)9-5-20/h1-12,16H,13-15H2,(H2,33,36). The molecular weight excluding hydrogens is 538 g/mol. The van der Waals surface area contributed by atoms with Crippen molar-refractivity contribution in [3.05, 3.63) is 129 Å². The van der Waals surface area contributed by atoms with Gasteiger partial charge >= 0.3 is 0 Å². The largest absolute Gasteiger partial charge is 0.369 e. The number of benzene rings is 3. The first-order chi connectivity index (χ1) is 19.3. The van der Waals surface area contributed by atoms with Gasteiger partial charge in [0.2, 0.25) is 0 Å². The number of amides is 2. The van der Waals surface area contributed by atoms with Crippen molar-refractivity contribution < 1.29 is 18.4 Å². The maximum Gasteiger partial charge on any atom is 0.266 e. The number of hydrogen-bond donors (Lipinski definition) is 1. The van der Waals surface area contributed by atoms with E-state index < -0.39 is 23.1 Å². The summed E-state index contributed by atoms with van der Waals surface area (Å²) < 4.78 is 27.5. The monoisotopic (exact) mass is 558 g/mol.